The van der Waals surface area contributed by atoms with Gasteiger partial charge in [0.1, 0.15) is 0 Å². The summed E-state index contributed by atoms with van der Waals surface area (Å²) in [5, 5.41) is 0. The number of rotatable bonds is 3. The minimum atomic E-state index is 0.969. The van der Waals surface area contributed by atoms with Crippen LogP contribution in [0.2, 0.25) is 0 Å². The lowest BCUT2D eigenvalue weighted by atomic mass is 9.99. The van der Waals surface area contributed by atoms with Crippen LogP contribution in [0.15, 0.2) is 0 Å². The van der Waals surface area contributed by atoms with Gasteiger partial charge in [0, 0.05) is 13.1 Å². The number of nitrogens with zero attached hydrogens (tertiary/aromatic N) is 2. The second kappa shape index (κ2) is 5.86. The molecule has 2 aliphatic rings. The maximum atomic E-state index is 2.66. The normalized spacial score (nSPS) is 27.0. The molecule has 0 saturated carbocycles. The first-order valence-electron chi connectivity index (χ1n) is 6.79. The minimum Gasteiger partial charge on any atom is -0.302 e. The van der Waals surface area contributed by atoms with Gasteiger partial charge in [-0.25, -0.2) is 0 Å². The van der Waals surface area contributed by atoms with Gasteiger partial charge in [-0.15, -0.1) is 0 Å². The van der Waals surface area contributed by atoms with Crippen molar-refractivity contribution < 1.29 is 0 Å². The third kappa shape index (κ3) is 3.76. The molecule has 0 radical (unpaired) electrons. The summed E-state index contributed by atoms with van der Waals surface area (Å²) in [6.07, 6.45) is 7.14. The molecule has 2 heteroatoms. The molecule has 88 valence electrons. The highest BCUT2D eigenvalue weighted by Gasteiger charge is 2.16. The van der Waals surface area contributed by atoms with E-state index in [1.807, 2.05) is 0 Å². The van der Waals surface area contributed by atoms with E-state index in [0.717, 1.165) is 5.92 Å². The van der Waals surface area contributed by atoms with Crippen LogP contribution < -0.4 is 0 Å². The van der Waals surface area contributed by atoms with Crippen molar-refractivity contribution in [3.05, 3.63) is 0 Å². The molecule has 2 aliphatic heterocycles. The number of hydrogen-bond acceptors (Lipinski definition) is 2. The average Bonchev–Trinajstić information content (AvgIpc) is 2.30. The van der Waals surface area contributed by atoms with E-state index >= 15 is 0 Å². The molecule has 0 amide bonds. The molecule has 0 aliphatic carbocycles. The van der Waals surface area contributed by atoms with Crippen LogP contribution in [0, 0.1) is 5.92 Å². The molecule has 2 saturated heterocycles. The van der Waals surface area contributed by atoms with Crippen LogP contribution in [0.25, 0.3) is 0 Å². The Morgan fingerprint density at radius 1 is 0.800 bits per heavy atom. The first-order valence-corrected chi connectivity index (χ1v) is 6.79. The Labute approximate surface area is 94.6 Å². The summed E-state index contributed by atoms with van der Waals surface area (Å²) in [6, 6.07) is 0. The number of likely N-dealkylation sites (tertiary alicyclic amines) is 2. The van der Waals surface area contributed by atoms with Crippen molar-refractivity contribution in [1.29, 1.82) is 0 Å². The molecule has 2 nitrogen and oxygen atoms in total. The average molecular weight is 210 g/mol. The quantitative estimate of drug-likeness (QED) is 0.704. The summed E-state index contributed by atoms with van der Waals surface area (Å²) in [7, 11) is 0. The van der Waals surface area contributed by atoms with Crippen molar-refractivity contribution in [2.24, 2.45) is 5.92 Å². The van der Waals surface area contributed by atoms with E-state index in [4.69, 9.17) is 0 Å². The number of piperidine rings is 2. The third-order valence-corrected chi connectivity index (χ3v) is 4.06. The lowest BCUT2D eigenvalue weighted by molar-refractivity contribution is 0.150. The second-order valence-corrected chi connectivity index (χ2v) is 5.43. The zero-order valence-electron chi connectivity index (χ0n) is 10.2. The van der Waals surface area contributed by atoms with Crippen LogP contribution in [0.4, 0.5) is 0 Å². The monoisotopic (exact) mass is 210 g/mol. The lowest BCUT2D eigenvalue weighted by Gasteiger charge is -2.33. The summed E-state index contributed by atoms with van der Waals surface area (Å²) in [4.78, 5) is 5.32. The molecule has 0 atom stereocenters. The van der Waals surface area contributed by atoms with Gasteiger partial charge in [-0.3, -0.25) is 0 Å². The van der Waals surface area contributed by atoms with Crippen molar-refractivity contribution in [2.75, 3.05) is 39.3 Å². The molecule has 2 heterocycles. The van der Waals surface area contributed by atoms with Crippen LogP contribution >= 0.6 is 0 Å². The van der Waals surface area contributed by atoms with Crippen LogP contribution in [-0.2, 0) is 0 Å². The summed E-state index contributed by atoms with van der Waals surface area (Å²) in [5.41, 5.74) is 0. The van der Waals surface area contributed by atoms with Crippen LogP contribution in [0.3, 0.4) is 0 Å². The van der Waals surface area contributed by atoms with Gasteiger partial charge in [0.2, 0.25) is 0 Å². The first-order chi connectivity index (χ1) is 7.34. The molecule has 15 heavy (non-hydrogen) atoms. The highest BCUT2D eigenvalue weighted by atomic mass is 15.2. The number of hydrogen-bond donors (Lipinski definition) is 0. The fraction of sp³-hybridized carbons (Fsp3) is 1.00. The van der Waals surface area contributed by atoms with Gasteiger partial charge in [0.05, 0.1) is 0 Å². The topological polar surface area (TPSA) is 6.48 Å². The van der Waals surface area contributed by atoms with Crippen LogP contribution in [0.5, 0.6) is 0 Å². The summed E-state index contributed by atoms with van der Waals surface area (Å²) in [6.45, 7) is 10.4. The van der Waals surface area contributed by atoms with E-state index in [0.29, 0.717) is 0 Å². The summed E-state index contributed by atoms with van der Waals surface area (Å²) in [5.74, 6) is 0.969. The van der Waals surface area contributed by atoms with Crippen molar-refractivity contribution in [3.63, 3.8) is 0 Å². The Hall–Kier alpha value is -0.0800. The minimum absolute atomic E-state index is 0.969. The van der Waals surface area contributed by atoms with Crippen LogP contribution in [-0.4, -0.2) is 49.1 Å². The zero-order chi connectivity index (χ0) is 10.5. The van der Waals surface area contributed by atoms with Crippen molar-refractivity contribution in [2.45, 2.75) is 39.0 Å². The SMILES string of the molecule is CC1CCN(CCN2CCCCC2)CC1. The molecule has 0 bridgehead atoms. The standard InChI is InChI=1S/C13H26N2/c1-13-5-9-15(10-6-13)12-11-14-7-3-2-4-8-14/h13H,2-12H2,1H3. The second-order valence-electron chi connectivity index (χ2n) is 5.43. The largest absolute Gasteiger partial charge is 0.302 e. The van der Waals surface area contributed by atoms with Crippen molar-refractivity contribution in [3.8, 4) is 0 Å². The fourth-order valence-corrected chi connectivity index (χ4v) is 2.75. The van der Waals surface area contributed by atoms with Crippen molar-refractivity contribution in [1.82, 2.24) is 9.80 Å². The van der Waals surface area contributed by atoms with Gasteiger partial charge >= 0.3 is 0 Å². The lowest BCUT2D eigenvalue weighted by Crippen LogP contribution is -2.40. The van der Waals surface area contributed by atoms with E-state index in [-0.39, 0.29) is 0 Å². The Bertz CT molecular complexity index is 167. The van der Waals surface area contributed by atoms with Crippen LogP contribution in [0.1, 0.15) is 39.0 Å². The maximum absolute atomic E-state index is 2.66. The Balaban J connectivity index is 1.60. The Morgan fingerprint density at radius 2 is 1.33 bits per heavy atom. The van der Waals surface area contributed by atoms with Crippen molar-refractivity contribution >= 4 is 0 Å². The summed E-state index contributed by atoms with van der Waals surface area (Å²) < 4.78 is 0. The molecule has 0 unspecified atom stereocenters. The molecule has 2 fully saturated rings. The highest BCUT2D eigenvalue weighted by molar-refractivity contribution is 4.72. The third-order valence-electron chi connectivity index (χ3n) is 4.06. The van der Waals surface area contributed by atoms with Gasteiger partial charge in [-0.05, 0) is 57.8 Å². The predicted octanol–water partition coefficient (Wildman–Crippen LogP) is 2.20. The predicted molar refractivity (Wildman–Crippen MR) is 65.1 cm³/mol. The molecule has 0 aromatic carbocycles. The first kappa shape index (κ1) is 11.4. The molecule has 2 rings (SSSR count). The van der Waals surface area contributed by atoms with E-state index in [1.165, 1.54) is 71.4 Å². The molecule has 0 spiro atoms. The molecule has 0 aromatic heterocycles. The Morgan fingerprint density at radius 3 is 1.93 bits per heavy atom. The molecule has 0 N–H and O–H groups in total. The Kier molecular flexibility index (Phi) is 4.45. The smallest absolute Gasteiger partial charge is 0.0109 e. The molecular formula is C13H26N2. The van der Waals surface area contributed by atoms with Gasteiger partial charge in [0.15, 0.2) is 0 Å². The summed E-state index contributed by atoms with van der Waals surface area (Å²) >= 11 is 0. The molecule has 0 aromatic rings. The fourth-order valence-electron chi connectivity index (χ4n) is 2.75. The zero-order valence-corrected chi connectivity index (χ0v) is 10.2. The van der Waals surface area contributed by atoms with Gasteiger partial charge < -0.3 is 9.80 Å². The van der Waals surface area contributed by atoms with E-state index in [1.54, 1.807) is 0 Å². The van der Waals surface area contributed by atoms with Gasteiger partial charge in [0.25, 0.3) is 0 Å². The van der Waals surface area contributed by atoms with E-state index in [9.17, 15) is 0 Å². The highest BCUT2D eigenvalue weighted by Crippen LogP contribution is 2.16. The maximum Gasteiger partial charge on any atom is 0.0109 e. The molecular weight excluding hydrogens is 184 g/mol. The van der Waals surface area contributed by atoms with Gasteiger partial charge in [-0.1, -0.05) is 13.3 Å². The van der Waals surface area contributed by atoms with E-state index < -0.39 is 0 Å². The van der Waals surface area contributed by atoms with Gasteiger partial charge in [-0.2, -0.15) is 0 Å². The van der Waals surface area contributed by atoms with E-state index in [2.05, 4.69) is 16.7 Å².